The summed E-state index contributed by atoms with van der Waals surface area (Å²) < 4.78 is 14.3. The smallest absolute Gasteiger partial charge is 0.133 e. The van der Waals surface area contributed by atoms with Crippen molar-refractivity contribution in [2.75, 3.05) is 0 Å². The minimum absolute atomic E-state index is 0.241. The molecule has 92 valence electrons. The molecule has 0 bridgehead atoms. The van der Waals surface area contributed by atoms with E-state index in [0.29, 0.717) is 10.6 Å². The Labute approximate surface area is 115 Å². The Hall–Kier alpha value is -1.86. The molecular formula is C17H10ClF. The average Bonchev–Trinajstić information content (AvgIpc) is 2.74. The summed E-state index contributed by atoms with van der Waals surface area (Å²) in [6, 6.07) is 13.5. The van der Waals surface area contributed by atoms with Gasteiger partial charge in [-0.25, -0.2) is 4.39 Å². The normalized spacial score (nSPS) is 11.9. The van der Waals surface area contributed by atoms with E-state index in [4.69, 9.17) is 11.6 Å². The zero-order chi connectivity index (χ0) is 13.1. The second-order valence-electron chi connectivity index (χ2n) is 4.92. The molecule has 0 N–H and O–H groups in total. The Morgan fingerprint density at radius 3 is 2.26 bits per heavy atom. The number of hydrogen-bond donors (Lipinski definition) is 0. The van der Waals surface area contributed by atoms with Gasteiger partial charge in [0, 0.05) is 10.6 Å². The molecule has 0 radical (unpaired) electrons. The van der Waals surface area contributed by atoms with Crippen LogP contribution in [-0.2, 0) is 0 Å². The van der Waals surface area contributed by atoms with Gasteiger partial charge < -0.3 is 0 Å². The van der Waals surface area contributed by atoms with Gasteiger partial charge in [0.05, 0.1) is 0 Å². The van der Waals surface area contributed by atoms with Gasteiger partial charge in [-0.1, -0.05) is 48.0 Å². The van der Waals surface area contributed by atoms with Crippen LogP contribution < -0.4 is 0 Å². The summed E-state index contributed by atoms with van der Waals surface area (Å²) >= 11 is 6.14. The van der Waals surface area contributed by atoms with E-state index in [9.17, 15) is 4.39 Å². The molecule has 0 saturated carbocycles. The summed E-state index contributed by atoms with van der Waals surface area (Å²) in [5.74, 6) is -0.241. The lowest BCUT2D eigenvalue weighted by Crippen LogP contribution is -1.89. The third kappa shape index (κ3) is 1.28. The Kier molecular flexibility index (Phi) is 2.07. The molecule has 3 aromatic rings. The van der Waals surface area contributed by atoms with Crippen LogP contribution in [0.15, 0.2) is 42.5 Å². The summed E-state index contributed by atoms with van der Waals surface area (Å²) in [5, 5.41) is 2.76. The van der Waals surface area contributed by atoms with E-state index < -0.39 is 0 Å². The van der Waals surface area contributed by atoms with Gasteiger partial charge in [0.2, 0.25) is 0 Å². The van der Waals surface area contributed by atoms with Crippen molar-refractivity contribution in [1.29, 1.82) is 0 Å². The Bertz CT molecular complexity index is 844. The zero-order valence-corrected chi connectivity index (χ0v) is 11.1. The Morgan fingerprint density at radius 2 is 1.58 bits per heavy atom. The third-order valence-corrected chi connectivity index (χ3v) is 4.31. The highest BCUT2D eigenvalue weighted by Crippen LogP contribution is 2.50. The maximum absolute atomic E-state index is 14.3. The fraction of sp³-hybridized carbons (Fsp3) is 0.0588. The van der Waals surface area contributed by atoms with Crippen LogP contribution in [0.4, 0.5) is 4.39 Å². The van der Waals surface area contributed by atoms with Crippen molar-refractivity contribution in [3.63, 3.8) is 0 Å². The molecule has 1 aliphatic rings. The fourth-order valence-electron chi connectivity index (χ4n) is 3.08. The van der Waals surface area contributed by atoms with E-state index in [-0.39, 0.29) is 5.82 Å². The largest absolute Gasteiger partial charge is 0.206 e. The lowest BCUT2D eigenvalue weighted by Gasteiger charge is -2.09. The monoisotopic (exact) mass is 268 g/mol. The highest BCUT2D eigenvalue weighted by molar-refractivity contribution is 6.32. The number of fused-ring (bicyclic) bond motifs is 3. The zero-order valence-electron chi connectivity index (χ0n) is 10.3. The second-order valence-corrected chi connectivity index (χ2v) is 5.33. The van der Waals surface area contributed by atoms with Crippen LogP contribution in [0.5, 0.6) is 0 Å². The van der Waals surface area contributed by atoms with E-state index in [0.717, 1.165) is 33.0 Å². The maximum Gasteiger partial charge on any atom is 0.133 e. The molecule has 4 rings (SSSR count). The van der Waals surface area contributed by atoms with Gasteiger partial charge in [0.25, 0.3) is 0 Å². The molecule has 19 heavy (non-hydrogen) atoms. The highest BCUT2D eigenvalue weighted by atomic mass is 35.5. The number of halogens is 2. The predicted octanol–water partition coefficient (Wildman–Crippen LogP) is 5.59. The van der Waals surface area contributed by atoms with Crippen molar-refractivity contribution in [3.8, 4) is 22.3 Å². The molecule has 0 amide bonds. The third-order valence-electron chi connectivity index (χ3n) is 3.92. The van der Waals surface area contributed by atoms with E-state index >= 15 is 0 Å². The maximum atomic E-state index is 14.3. The first-order valence-electron chi connectivity index (χ1n) is 6.19. The minimum atomic E-state index is -0.241. The van der Waals surface area contributed by atoms with Crippen LogP contribution in [0.1, 0.15) is 5.56 Å². The number of hydrogen-bond acceptors (Lipinski definition) is 0. The SMILES string of the molecule is Cc1c(Cl)cc(F)c2c1-c1cccc3cccc-2c13. The van der Waals surface area contributed by atoms with Crippen LogP contribution in [0.25, 0.3) is 33.0 Å². The fourth-order valence-corrected chi connectivity index (χ4v) is 3.27. The summed E-state index contributed by atoms with van der Waals surface area (Å²) in [7, 11) is 0. The van der Waals surface area contributed by atoms with Crippen molar-refractivity contribution in [1.82, 2.24) is 0 Å². The van der Waals surface area contributed by atoms with Crippen LogP contribution >= 0.6 is 11.6 Å². The van der Waals surface area contributed by atoms with Gasteiger partial charge in [-0.3, -0.25) is 0 Å². The Morgan fingerprint density at radius 1 is 0.947 bits per heavy atom. The standard InChI is InChI=1S/C17H10ClF/c1-9-13(18)8-14(19)17-12-7-3-5-10-4-2-6-11(15(9)17)16(10)12/h2-8H,1H3. The van der Waals surface area contributed by atoms with Crippen molar-refractivity contribution in [2.45, 2.75) is 6.92 Å². The molecule has 0 saturated heterocycles. The molecule has 0 nitrogen and oxygen atoms in total. The topological polar surface area (TPSA) is 0 Å². The summed E-state index contributed by atoms with van der Waals surface area (Å²) in [4.78, 5) is 0. The van der Waals surface area contributed by atoms with E-state index in [1.54, 1.807) is 0 Å². The molecule has 0 atom stereocenters. The predicted molar refractivity (Wildman–Crippen MR) is 78.1 cm³/mol. The number of benzene rings is 3. The molecule has 0 heterocycles. The van der Waals surface area contributed by atoms with Crippen molar-refractivity contribution in [3.05, 3.63) is 58.9 Å². The van der Waals surface area contributed by atoms with Gasteiger partial charge >= 0.3 is 0 Å². The molecule has 0 unspecified atom stereocenters. The summed E-state index contributed by atoms with van der Waals surface area (Å²) in [5.41, 5.74) is 4.63. The first-order chi connectivity index (χ1) is 9.18. The molecule has 0 fully saturated rings. The first kappa shape index (κ1) is 11.0. The molecule has 2 heteroatoms. The van der Waals surface area contributed by atoms with E-state index in [1.165, 1.54) is 6.07 Å². The van der Waals surface area contributed by atoms with Crippen molar-refractivity contribution < 1.29 is 4.39 Å². The van der Waals surface area contributed by atoms with Gasteiger partial charge in [0.1, 0.15) is 5.82 Å². The number of rotatable bonds is 0. The molecule has 0 aliphatic heterocycles. The average molecular weight is 269 g/mol. The lowest BCUT2D eigenvalue weighted by molar-refractivity contribution is 0.632. The van der Waals surface area contributed by atoms with E-state index in [2.05, 4.69) is 12.1 Å². The van der Waals surface area contributed by atoms with Crippen LogP contribution in [0.3, 0.4) is 0 Å². The van der Waals surface area contributed by atoms with Crippen LogP contribution in [0.2, 0.25) is 5.02 Å². The molecular weight excluding hydrogens is 259 g/mol. The Balaban J connectivity index is 2.30. The van der Waals surface area contributed by atoms with Crippen LogP contribution in [0, 0.1) is 12.7 Å². The minimum Gasteiger partial charge on any atom is -0.206 e. The van der Waals surface area contributed by atoms with Crippen molar-refractivity contribution >= 4 is 22.4 Å². The highest BCUT2D eigenvalue weighted by Gasteiger charge is 2.26. The first-order valence-corrected chi connectivity index (χ1v) is 6.57. The lowest BCUT2D eigenvalue weighted by atomic mass is 9.98. The second kappa shape index (κ2) is 3.58. The van der Waals surface area contributed by atoms with Gasteiger partial charge in [-0.15, -0.1) is 0 Å². The summed E-state index contributed by atoms with van der Waals surface area (Å²) in [6.07, 6.45) is 0. The van der Waals surface area contributed by atoms with Gasteiger partial charge in [-0.05, 0) is 46.0 Å². The molecule has 1 aliphatic carbocycles. The molecule has 3 aromatic carbocycles. The molecule has 0 spiro atoms. The summed E-state index contributed by atoms with van der Waals surface area (Å²) in [6.45, 7) is 1.95. The van der Waals surface area contributed by atoms with Gasteiger partial charge in [0.15, 0.2) is 0 Å². The molecule has 0 aromatic heterocycles. The van der Waals surface area contributed by atoms with Crippen molar-refractivity contribution in [2.24, 2.45) is 0 Å². The van der Waals surface area contributed by atoms with Gasteiger partial charge in [-0.2, -0.15) is 0 Å². The van der Waals surface area contributed by atoms with Crippen LogP contribution in [-0.4, -0.2) is 0 Å². The van der Waals surface area contributed by atoms with E-state index in [1.807, 2.05) is 31.2 Å². The quantitative estimate of drug-likeness (QED) is 0.390.